The molecular weight excluding hydrogens is 1400 g/mol. The lowest BCUT2D eigenvalue weighted by molar-refractivity contribution is -0.274. The molecule has 0 amide bonds. The van der Waals surface area contributed by atoms with E-state index in [1.807, 2.05) is 118 Å². The molecule has 0 aliphatic carbocycles. The van der Waals surface area contributed by atoms with Crippen LogP contribution in [-0.4, -0.2) is 34.8 Å². The van der Waals surface area contributed by atoms with Crippen molar-refractivity contribution in [2.45, 2.75) is 237 Å². The smallest absolute Gasteiger partial charge is 0.497 e. The van der Waals surface area contributed by atoms with Gasteiger partial charge in [0.15, 0.2) is 0 Å². The van der Waals surface area contributed by atoms with Crippen LogP contribution in [0.3, 0.4) is 0 Å². The molecule has 0 saturated carbocycles. The number of ether oxygens (including phenoxy) is 5. The summed E-state index contributed by atoms with van der Waals surface area (Å²) in [6.45, 7) is 55.9. The number of aryl methyl sites for hydroxylation is 3. The zero-order valence-electron chi connectivity index (χ0n) is 67.6. The number of halogens is 11. The molecule has 0 heterocycles. The fourth-order valence-corrected chi connectivity index (χ4v) is 11.6. The number of hydrogen-bond acceptors (Lipinski definition) is 5. The number of methoxy groups -OCH3 is 4. The first-order valence-corrected chi connectivity index (χ1v) is 35.5. The van der Waals surface area contributed by atoms with Gasteiger partial charge in [-0.15, -0.1) is 13.2 Å². The number of alkyl halides is 3. The van der Waals surface area contributed by atoms with Gasteiger partial charge >= 0.3 is 6.36 Å². The Bertz CT molecular complexity index is 3660. The molecule has 0 bridgehead atoms. The van der Waals surface area contributed by atoms with Crippen molar-refractivity contribution >= 4 is 34.8 Å². The van der Waals surface area contributed by atoms with Crippen LogP contribution in [-0.2, 0) is 43.3 Å². The van der Waals surface area contributed by atoms with Crippen molar-refractivity contribution in [1.82, 2.24) is 0 Å². The molecule has 576 valence electrons. The summed E-state index contributed by atoms with van der Waals surface area (Å²) in [6, 6.07) is 40.0. The van der Waals surface area contributed by atoms with E-state index in [0.717, 1.165) is 56.2 Å². The molecule has 0 aromatic heterocycles. The molecule has 0 N–H and O–H groups in total. The Morgan fingerprint density at radius 1 is 0.260 bits per heavy atom. The van der Waals surface area contributed by atoms with Gasteiger partial charge in [0.25, 0.3) is 0 Å². The maximum atomic E-state index is 13.1. The first kappa shape index (κ1) is 95.1. The minimum atomic E-state index is -4.63. The second-order valence-electron chi connectivity index (χ2n) is 33.4. The molecule has 0 aliphatic rings. The largest absolute Gasteiger partial charge is 0.573 e. The Kier molecular flexibility index (Phi) is 36.2. The first-order chi connectivity index (χ1) is 47.1. The Labute approximate surface area is 634 Å². The van der Waals surface area contributed by atoms with Crippen LogP contribution in [0.4, 0.5) is 35.1 Å². The number of benzene rings is 8. The number of rotatable bonds is 5. The summed E-state index contributed by atoms with van der Waals surface area (Å²) in [5, 5.41) is 2.04. The molecule has 8 aromatic carbocycles. The van der Waals surface area contributed by atoms with E-state index in [1.54, 1.807) is 59.6 Å². The summed E-state index contributed by atoms with van der Waals surface area (Å²) >= 11 is 17.6. The van der Waals surface area contributed by atoms with Crippen molar-refractivity contribution in [3.63, 3.8) is 0 Å². The Hall–Kier alpha value is -6.93. The van der Waals surface area contributed by atoms with Gasteiger partial charge in [-0.2, -0.15) is 0 Å². The predicted molar refractivity (Wildman–Crippen MR) is 423 cm³/mol. The molecule has 16 heteroatoms. The predicted octanol–water partition coefficient (Wildman–Crippen LogP) is 28.4. The van der Waals surface area contributed by atoms with Crippen LogP contribution in [0, 0.1) is 49.9 Å². The SMILES string of the molecule is CC(C)(C)c1ccc(F)cc1Cl.CC(C)(C)c1ccc(F)cc1F.COc1cc(Cl)ccc1C(C)(C)C.COc1cc(F)ccc1C(C)(C)C.COc1ccc(C(C)(C)C)c(OC)c1.Cc1cc(Cl)ccc1C(C)(C)C.Cc1cc(F)ccc1C(C)(C)C.Cc1cc(OC(F)(F)F)ccc1C(C)(C)C. The molecule has 0 spiro atoms. The van der Waals surface area contributed by atoms with Crippen LogP contribution in [0.15, 0.2) is 146 Å². The third kappa shape index (κ3) is 33.7. The van der Waals surface area contributed by atoms with Gasteiger partial charge in [-0.05, 0) is 204 Å². The van der Waals surface area contributed by atoms with E-state index < -0.39 is 18.0 Å². The zero-order chi connectivity index (χ0) is 80.9. The fourth-order valence-electron chi connectivity index (χ4n) is 10.8. The fraction of sp³-hybridized carbons (Fsp3) is 0.455. The molecule has 5 nitrogen and oxygen atoms in total. The van der Waals surface area contributed by atoms with E-state index in [1.165, 1.54) is 82.4 Å². The van der Waals surface area contributed by atoms with Crippen molar-refractivity contribution in [2.24, 2.45) is 0 Å². The monoisotopic (exact) mass is 1510 g/mol. The topological polar surface area (TPSA) is 46.2 Å². The van der Waals surface area contributed by atoms with E-state index >= 15 is 0 Å². The molecule has 0 aliphatic heterocycles. The van der Waals surface area contributed by atoms with Crippen molar-refractivity contribution in [3.8, 4) is 28.7 Å². The lowest BCUT2D eigenvalue weighted by atomic mass is 9.84. The quantitative estimate of drug-likeness (QED) is 0.161. The third-order valence-corrected chi connectivity index (χ3v) is 16.7. The highest BCUT2D eigenvalue weighted by molar-refractivity contribution is 6.31. The molecular formula is C88H117Cl3F8O5. The summed E-state index contributed by atoms with van der Waals surface area (Å²) < 4.78 is 124. The van der Waals surface area contributed by atoms with Gasteiger partial charge in [0.2, 0.25) is 0 Å². The highest BCUT2D eigenvalue weighted by Gasteiger charge is 2.32. The minimum Gasteiger partial charge on any atom is -0.497 e. The highest BCUT2D eigenvalue weighted by Crippen LogP contribution is 2.38. The van der Waals surface area contributed by atoms with E-state index in [4.69, 9.17) is 53.8 Å². The second kappa shape index (κ2) is 39.6. The normalized spacial score (nSPS) is 11.8. The summed E-state index contributed by atoms with van der Waals surface area (Å²) in [7, 11) is 6.57. The van der Waals surface area contributed by atoms with Crippen molar-refractivity contribution in [3.05, 3.63) is 251 Å². The molecule has 0 radical (unpaired) electrons. The van der Waals surface area contributed by atoms with Crippen LogP contribution in [0.25, 0.3) is 0 Å². The van der Waals surface area contributed by atoms with Crippen molar-refractivity contribution in [2.75, 3.05) is 28.4 Å². The van der Waals surface area contributed by atoms with Crippen LogP contribution < -0.4 is 23.7 Å². The summed E-state index contributed by atoms with van der Waals surface area (Å²) in [6.07, 6.45) is -4.63. The average molecular weight is 1510 g/mol. The maximum Gasteiger partial charge on any atom is 0.573 e. The van der Waals surface area contributed by atoms with Gasteiger partial charge in [-0.3, -0.25) is 0 Å². The van der Waals surface area contributed by atoms with Gasteiger partial charge in [0, 0.05) is 33.3 Å². The van der Waals surface area contributed by atoms with Crippen LogP contribution >= 0.6 is 34.8 Å². The molecule has 8 aromatic rings. The summed E-state index contributed by atoms with van der Waals surface area (Å²) in [5.41, 5.74) is 11.7. The number of hydrogen-bond donors (Lipinski definition) is 0. The first-order valence-electron chi connectivity index (χ1n) is 34.3. The molecule has 0 saturated heterocycles. The molecule has 8 rings (SSSR count). The van der Waals surface area contributed by atoms with Gasteiger partial charge in [-0.1, -0.05) is 250 Å². The molecule has 0 atom stereocenters. The Balaban J connectivity index is 0.000000595. The second-order valence-corrected chi connectivity index (χ2v) is 34.7. The van der Waals surface area contributed by atoms with E-state index in [2.05, 4.69) is 128 Å². The highest BCUT2D eigenvalue weighted by atomic mass is 35.5. The Morgan fingerprint density at radius 3 is 0.885 bits per heavy atom. The lowest BCUT2D eigenvalue weighted by Crippen LogP contribution is -2.18. The molecule has 104 heavy (non-hydrogen) atoms. The van der Waals surface area contributed by atoms with Crippen molar-refractivity contribution in [1.29, 1.82) is 0 Å². The maximum absolute atomic E-state index is 13.1. The van der Waals surface area contributed by atoms with E-state index in [0.29, 0.717) is 21.4 Å². The lowest BCUT2D eigenvalue weighted by Gasteiger charge is -2.22. The molecule has 0 fully saturated rings. The summed E-state index contributed by atoms with van der Waals surface area (Å²) in [5.74, 6) is 1.33. The van der Waals surface area contributed by atoms with Crippen LogP contribution in [0.2, 0.25) is 15.1 Å². The summed E-state index contributed by atoms with van der Waals surface area (Å²) in [4.78, 5) is 0. The van der Waals surface area contributed by atoms with Crippen LogP contribution in [0.5, 0.6) is 28.7 Å². The van der Waals surface area contributed by atoms with Gasteiger partial charge in [0.1, 0.15) is 57.8 Å². The van der Waals surface area contributed by atoms with Gasteiger partial charge < -0.3 is 23.7 Å². The van der Waals surface area contributed by atoms with Gasteiger partial charge in [-0.25, -0.2) is 22.0 Å². The van der Waals surface area contributed by atoms with Gasteiger partial charge in [0.05, 0.1) is 28.4 Å². The Morgan fingerprint density at radius 2 is 0.538 bits per heavy atom. The van der Waals surface area contributed by atoms with Crippen molar-refractivity contribution < 1.29 is 58.8 Å². The molecule has 0 unspecified atom stereocenters. The van der Waals surface area contributed by atoms with E-state index in [9.17, 15) is 35.1 Å². The third-order valence-electron chi connectivity index (χ3n) is 15.9. The van der Waals surface area contributed by atoms with Crippen LogP contribution in [0.1, 0.15) is 227 Å². The zero-order valence-corrected chi connectivity index (χ0v) is 69.8. The van der Waals surface area contributed by atoms with E-state index in [-0.39, 0.29) is 66.5 Å². The standard InChI is InChI=1S/C12H15F3O.C12H18O2.C11H15ClO.C11H15Cl.C11H15FO.C11H15F.C10H12ClF.C10H12F2/c1-8-7-9(16-12(13,14)15)5-6-10(8)11(2,3)4;1-12(2,3)10-7-6-9(13-4)8-11(10)14-5;1-11(2,3)9-6-5-8(12)7-10(9)13-4;1-8-7-9(12)5-6-10(8)11(2,3)4;1-11(2,3)9-6-5-8(12)7-10(9)13-4;1-8-7-9(12)5-6-10(8)11(2,3)4;1-10(2,3)8-5-4-7(12)6-9(8)11;1-10(2,3)8-5-4-7(11)6-9(8)12/h5-7H,1-4H3;6-8H,1-5H3;5-7H,1-4H3;5-7H,1-4H3;5-7H,1-4H3;5-7H,1-4H3;2*4-6H,1-3H3. The minimum absolute atomic E-state index is 0.0148. The average Bonchev–Trinajstić information content (AvgIpc) is 0.909.